The molecule has 0 bridgehead atoms. The zero-order valence-corrected chi connectivity index (χ0v) is 16.0. The van der Waals surface area contributed by atoms with Gasteiger partial charge in [-0.2, -0.15) is 0 Å². The molecule has 0 radical (unpaired) electrons. The number of benzene rings is 3. The summed E-state index contributed by atoms with van der Waals surface area (Å²) < 4.78 is 5.26. The Morgan fingerprint density at radius 3 is 2.22 bits per heavy atom. The molecule has 0 saturated carbocycles. The van der Waals surface area contributed by atoms with Crippen LogP contribution in [0, 0.1) is 13.8 Å². The number of aryl methyl sites for hydroxylation is 2. The van der Waals surface area contributed by atoms with Gasteiger partial charge in [0.05, 0.1) is 7.11 Å². The summed E-state index contributed by atoms with van der Waals surface area (Å²) in [5.41, 5.74) is 5.35. The van der Waals surface area contributed by atoms with Crippen molar-refractivity contribution in [1.82, 2.24) is 0 Å². The quantitative estimate of drug-likeness (QED) is 0.633. The molecule has 0 aliphatic carbocycles. The van der Waals surface area contributed by atoms with Crippen molar-refractivity contribution in [1.29, 1.82) is 0 Å². The van der Waals surface area contributed by atoms with E-state index in [1.165, 1.54) is 5.56 Å². The first-order valence-corrected chi connectivity index (χ1v) is 9.13. The number of hydrogen-bond donors (Lipinski definition) is 1. The number of carbonyl (C=O) groups is 1. The van der Waals surface area contributed by atoms with Crippen LogP contribution in [0.15, 0.2) is 72.8 Å². The van der Waals surface area contributed by atoms with E-state index in [0.29, 0.717) is 6.42 Å². The van der Waals surface area contributed by atoms with Crippen molar-refractivity contribution in [3.8, 4) is 5.75 Å². The maximum atomic E-state index is 12.8. The van der Waals surface area contributed by atoms with E-state index in [-0.39, 0.29) is 11.8 Å². The van der Waals surface area contributed by atoms with Crippen LogP contribution in [0.3, 0.4) is 0 Å². The highest BCUT2D eigenvalue weighted by Crippen LogP contribution is 2.30. The predicted molar refractivity (Wildman–Crippen MR) is 110 cm³/mol. The molecule has 0 aromatic heterocycles. The zero-order valence-electron chi connectivity index (χ0n) is 16.0. The Hall–Kier alpha value is -3.07. The Balaban J connectivity index is 1.83. The normalized spacial score (nSPS) is 11.7. The Bertz CT molecular complexity index is 901. The van der Waals surface area contributed by atoms with Gasteiger partial charge in [-0.05, 0) is 48.7 Å². The average molecular weight is 359 g/mol. The molecule has 1 atom stereocenters. The van der Waals surface area contributed by atoms with E-state index >= 15 is 0 Å². The SMILES string of the molecule is COc1ccc([C@@H](CC(=O)Nc2ccc(C)cc2C)c2ccccc2)cc1. The fourth-order valence-corrected chi connectivity index (χ4v) is 3.29. The minimum absolute atomic E-state index is 0.00613. The summed E-state index contributed by atoms with van der Waals surface area (Å²) in [5, 5.41) is 3.07. The summed E-state index contributed by atoms with van der Waals surface area (Å²) in [5.74, 6) is 0.805. The summed E-state index contributed by atoms with van der Waals surface area (Å²) in [6, 6.07) is 24.1. The van der Waals surface area contributed by atoms with Crippen molar-refractivity contribution in [3.05, 3.63) is 95.1 Å². The number of ether oxygens (including phenoxy) is 1. The maximum absolute atomic E-state index is 12.8. The largest absolute Gasteiger partial charge is 0.497 e. The smallest absolute Gasteiger partial charge is 0.225 e. The Labute approximate surface area is 161 Å². The number of hydrogen-bond acceptors (Lipinski definition) is 2. The highest BCUT2D eigenvalue weighted by molar-refractivity contribution is 5.92. The molecule has 0 aliphatic heterocycles. The van der Waals surface area contributed by atoms with E-state index in [0.717, 1.165) is 28.1 Å². The van der Waals surface area contributed by atoms with Gasteiger partial charge in [0.1, 0.15) is 5.75 Å². The molecule has 3 rings (SSSR count). The summed E-state index contributed by atoms with van der Waals surface area (Å²) in [6.45, 7) is 4.06. The average Bonchev–Trinajstić information content (AvgIpc) is 2.69. The van der Waals surface area contributed by atoms with Gasteiger partial charge in [-0.25, -0.2) is 0 Å². The number of methoxy groups -OCH3 is 1. The molecular formula is C24H25NO2. The van der Waals surface area contributed by atoms with Crippen LogP contribution < -0.4 is 10.1 Å². The highest BCUT2D eigenvalue weighted by atomic mass is 16.5. The maximum Gasteiger partial charge on any atom is 0.225 e. The fraction of sp³-hybridized carbons (Fsp3) is 0.208. The first kappa shape index (κ1) is 18.7. The van der Waals surface area contributed by atoms with Crippen molar-refractivity contribution in [2.24, 2.45) is 0 Å². The van der Waals surface area contributed by atoms with Gasteiger partial charge < -0.3 is 10.1 Å². The van der Waals surface area contributed by atoms with Crippen LogP contribution in [0.25, 0.3) is 0 Å². The summed E-state index contributed by atoms with van der Waals surface area (Å²) in [4.78, 5) is 12.8. The van der Waals surface area contributed by atoms with Gasteiger partial charge in [-0.15, -0.1) is 0 Å². The molecule has 3 aromatic rings. The second kappa shape index (κ2) is 8.54. The zero-order chi connectivity index (χ0) is 19.2. The number of nitrogens with one attached hydrogen (secondary N) is 1. The van der Waals surface area contributed by atoms with E-state index in [1.54, 1.807) is 7.11 Å². The molecule has 0 saturated heterocycles. The van der Waals surface area contributed by atoms with E-state index < -0.39 is 0 Å². The molecule has 138 valence electrons. The number of rotatable bonds is 6. The number of anilines is 1. The van der Waals surface area contributed by atoms with Crippen molar-refractivity contribution < 1.29 is 9.53 Å². The van der Waals surface area contributed by atoms with Gasteiger partial charge >= 0.3 is 0 Å². The van der Waals surface area contributed by atoms with Crippen molar-refractivity contribution in [3.63, 3.8) is 0 Å². The van der Waals surface area contributed by atoms with Crippen LogP contribution in [0.2, 0.25) is 0 Å². The number of carbonyl (C=O) groups excluding carboxylic acids is 1. The lowest BCUT2D eigenvalue weighted by Crippen LogP contribution is -2.17. The first-order valence-electron chi connectivity index (χ1n) is 9.13. The van der Waals surface area contributed by atoms with Crippen LogP contribution in [0.4, 0.5) is 5.69 Å². The topological polar surface area (TPSA) is 38.3 Å². The summed E-state index contributed by atoms with van der Waals surface area (Å²) in [6.07, 6.45) is 0.379. The van der Waals surface area contributed by atoms with Gasteiger partial charge in [0.2, 0.25) is 5.91 Å². The molecular weight excluding hydrogens is 334 g/mol. The molecule has 0 heterocycles. The summed E-state index contributed by atoms with van der Waals surface area (Å²) in [7, 11) is 1.65. The lowest BCUT2D eigenvalue weighted by atomic mass is 9.88. The molecule has 1 amide bonds. The Morgan fingerprint density at radius 2 is 1.59 bits per heavy atom. The van der Waals surface area contributed by atoms with Crippen LogP contribution in [0.1, 0.15) is 34.6 Å². The van der Waals surface area contributed by atoms with Crippen molar-refractivity contribution in [2.45, 2.75) is 26.2 Å². The Kier molecular flexibility index (Phi) is 5.92. The first-order chi connectivity index (χ1) is 13.1. The molecule has 0 unspecified atom stereocenters. The van der Waals surface area contributed by atoms with E-state index in [2.05, 4.69) is 23.5 Å². The lowest BCUT2D eigenvalue weighted by molar-refractivity contribution is -0.116. The van der Waals surface area contributed by atoms with Crippen molar-refractivity contribution >= 4 is 11.6 Å². The van der Waals surface area contributed by atoms with Gasteiger partial charge in [0.25, 0.3) is 0 Å². The third-order valence-electron chi connectivity index (χ3n) is 4.77. The second-order valence-electron chi connectivity index (χ2n) is 6.81. The van der Waals surface area contributed by atoms with Gasteiger partial charge in [-0.3, -0.25) is 4.79 Å². The van der Waals surface area contributed by atoms with E-state index in [9.17, 15) is 4.79 Å². The minimum Gasteiger partial charge on any atom is -0.497 e. The van der Waals surface area contributed by atoms with Crippen LogP contribution in [-0.2, 0) is 4.79 Å². The minimum atomic E-state index is -0.0112. The van der Waals surface area contributed by atoms with E-state index in [1.807, 2.05) is 68.4 Å². The van der Waals surface area contributed by atoms with Gasteiger partial charge in [0, 0.05) is 18.0 Å². The van der Waals surface area contributed by atoms with E-state index in [4.69, 9.17) is 4.74 Å². The molecule has 0 spiro atoms. The third kappa shape index (κ3) is 4.76. The fourth-order valence-electron chi connectivity index (χ4n) is 3.29. The molecule has 1 N–H and O–H groups in total. The molecule has 0 fully saturated rings. The van der Waals surface area contributed by atoms with Crippen LogP contribution in [-0.4, -0.2) is 13.0 Å². The highest BCUT2D eigenvalue weighted by Gasteiger charge is 2.19. The molecule has 0 aliphatic rings. The van der Waals surface area contributed by atoms with Crippen LogP contribution in [0.5, 0.6) is 5.75 Å². The van der Waals surface area contributed by atoms with Gasteiger partial charge in [0.15, 0.2) is 0 Å². The van der Waals surface area contributed by atoms with Crippen molar-refractivity contribution in [2.75, 3.05) is 12.4 Å². The standard InChI is InChI=1S/C24H25NO2/c1-17-9-14-23(18(2)15-17)25-24(26)16-22(19-7-5-4-6-8-19)20-10-12-21(27-3)13-11-20/h4-15,22H,16H2,1-3H3,(H,25,26)/t22-/m0/s1. The molecule has 3 aromatic carbocycles. The van der Waals surface area contributed by atoms with Gasteiger partial charge in [-0.1, -0.05) is 60.2 Å². The third-order valence-corrected chi connectivity index (χ3v) is 4.77. The Morgan fingerprint density at radius 1 is 0.926 bits per heavy atom. The predicted octanol–water partition coefficient (Wildman–Crippen LogP) is 5.47. The molecule has 3 nitrogen and oxygen atoms in total. The number of amides is 1. The molecule has 3 heteroatoms. The molecule has 27 heavy (non-hydrogen) atoms. The second-order valence-corrected chi connectivity index (χ2v) is 6.81. The lowest BCUT2D eigenvalue weighted by Gasteiger charge is -2.19. The van der Waals surface area contributed by atoms with Crippen LogP contribution >= 0.6 is 0 Å². The monoisotopic (exact) mass is 359 g/mol. The summed E-state index contributed by atoms with van der Waals surface area (Å²) >= 11 is 0.